The zero-order valence-corrected chi connectivity index (χ0v) is 14.7. The highest BCUT2D eigenvalue weighted by Crippen LogP contribution is 2.27. The largest absolute Gasteiger partial charge is 0.339 e. The molecule has 6 nitrogen and oxygen atoms in total. The van der Waals surface area contributed by atoms with Gasteiger partial charge < -0.3 is 9.42 Å². The first-order valence-electron chi connectivity index (χ1n) is 8.54. The molecular weight excluding hydrogens is 324 g/mol. The second-order valence-corrected chi connectivity index (χ2v) is 7.69. The standard InChI is InChI=1S/C17H22N4O2S/c1-12-18-17(23-19-12)14-3-2-6-20(9-14)11-16(22)21-7-4-15-13(10-21)5-8-24-15/h5,8,14H,2-4,6-7,9-11H2,1H3/t14-/m1/s1. The molecule has 4 rings (SSSR count). The van der Waals surface area contributed by atoms with Gasteiger partial charge in [-0.3, -0.25) is 9.69 Å². The lowest BCUT2D eigenvalue weighted by Gasteiger charge is -2.33. The van der Waals surface area contributed by atoms with Crippen molar-refractivity contribution >= 4 is 17.2 Å². The SMILES string of the molecule is Cc1noc([C@@H]2CCCN(CC(=O)N3CCc4sccc4C3)C2)n1. The molecule has 1 saturated heterocycles. The molecule has 2 aliphatic heterocycles. The number of amides is 1. The van der Waals surface area contributed by atoms with E-state index >= 15 is 0 Å². The van der Waals surface area contributed by atoms with Gasteiger partial charge in [-0.15, -0.1) is 11.3 Å². The van der Waals surface area contributed by atoms with Crippen molar-refractivity contribution in [2.75, 3.05) is 26.2 Å². The molecule has 1 amide bonds. The Bertz CT molecular complexity index is 726. The molecule has 1 atom stereocenters. The molecule has 7 heteroatoms. The maximum atomic E-state index is 12.7. The molecule has 0 aliphatic carbocycles. The molecule has 0 radical (unpaired) electrons. The molecular formula is C17H22N4O2S. The average molecular weight is 346 g/mol. The van der Waals surface area contributed by atoms with Gasteiger partial charge in [-0.05, 0) is 49.7 Å². The number of hydrogen-bond acceptors (Lipinski definition) is 6. The quantitative estimate of drug-likeness (QED) is 0.853. The van der Waals surface area contributed by atoms with E-state index in [1.54, 1.807) is 11.3 Å². The molecule has 0 bridgehead atoms. The van der Waals surface area contributed by atoms with Crippen LogP contribution in [0.5, 0.6) is 0 Å². The van der Waals surface area contributed by atoms with Crippen molar-refractivity contribution < 1.29 is 9.32 Å². The number of aromatic nitrogens is 2. The van der Waals surface area contributed by atoms with Crippen molar-refractivity contribution in [3.63, 3.8) is 0 Å². The van der Waals surface area contributed by atoms with Crippen LogP contribution in [0.1, 0.15) is 40.9 Å². The number of rotatable bonds is 3. The monoisotopic (exact) mass is 346 g/mol. The van der Waals surface area contributed by atoms with Crippen LogP contribution in [-0.4, -0.2) is 52.0 Å². The Morgan fingerprint density at radius 3 is 3.21 bits per heavy atom. The van der Waals surface area contributed by atoms with Crippen LogP contribution in [-0.2, 0) is 17.8 Å². The van der Waals surface area contributed by atoms with Crippen LogP contribution in [0.15, 0.2) is 16.0 Å². The molecule has 0 spiro atoms. The highest BCUT2D eigenvalue weighted by molar-refractivity contribution is 7.10. The summed E-state index contributed by atoms with van der Waals surface area (Å²) < 4.78 is 5.32. The number of aryl methyl sites for hydroxylation is 1. The van der Waals surface area contributed by atoms with E-state index < -0.39 is 0 Å². The molecule has 0 aromatic carbocycles. The van der Waals surface area contributed by atoms with Gasteiger partial charge in [0.15, 0.2) is 5.82 Å². The van der Waals surface area contributed by atoms with E-state index in [0.29, 0.717) is 18.3 Å². The van der Waals surface area contributed by atoms with Crippen molar-refractivity contribution in [2.45, 2.75) is 38.6 Å². The minimum absolute atomic E-state index is 0.231. The summed E-state index contributed by atoms with van der Waals surface area (Å²) in [6.45, 7) is 5.72. The van der Waals surface area contributed by atoms with Crippen LogP contribution in [0.2, 0.25) is 0 Å². The maximum absolute atomic E-state index is 12.7. The summed E-state index contributed by atoms with van der Waals surface area (Å²) in [6.07, 6.45) is 3.10. The van der Waals surface area contributed by atoms with Crippen LogP contribution >= 0.6 is 11.3 Å². The van der Waals surface area contributed by atoms with Gasteiger partial charge in [-0.25, -0.2) is 0 Å². The third-order valence-corrected chi connectivity index (χ3v) is 5.94. The molecule has 2 aromatic heterocycles. The lowest BCUT2D eigenvalue weighted by atomic mass is 9.98. The van der Waals surface area contributed by atoms with Gasteiger partial charge in [-0.2, -0.15) is 4.98 Å². The van der Waals surface area contributed by atoms with E-state index in [0.717, 1.165) is 45.4 Å². The maximum Gasteiger partial charge on any atom is 0.237 e. The van der Waals surface area contributed by atoms with Crippen LogP contribution in [0.3, 0.4) is 0 Å². The Hall–Kier alpha value is -1.73. The van der Waals surface area contributed by atoms with E-state index in [9.17, 15) is 4.79 Å². The summed E-state index contributed by atoms with van der Waals surface area (Å²) in [4.78, 5) is 22.7. The first kappa shape index (κ1) is 15.8. The fourth-order valence-electron chi connectivity index (χ4n) is 3.63. The summed E-state index contributed by atoms with van der Waals surface area (Å²) in [5.74, 6) is 1.87. The Labute approximate surface area is 145 Å². The lowest BCUT2D eigenvalue weighted by molar-refractivity contribution is -0.133. The van der Waals surface area contributed by atoms with Crippen molar-refractivity contribution in [1.29, 1.82) is 0 Å². The summed E-state index contributed by atoms with van der Waals surface area (Å²) >= 11 is 1.80. The predicted octanol–water partition coefficient (Wildman–Crippen LogP) is 2.20. The second kappa shape index (κ2) is 6.64. The number of fused-ring (bicyclic) bond motifs is 1. The third-order valence-electron chi connectivity index (χ3n) is 4.92. The molecule has 4 heterocycles. The molecule has 128 valence electrons. The van der Waals surface area contributed by atoms with E-state index in [2.05, 4.69) is 26.5 Å². The van der Waals surface area contributed by atoms with Crippen molar-refractivity contribution in [3.8, 4) is 0 Å². The Kier molecular flexibility index (Phi) is 4.37. The van der Waals surface area contributed by atoms with Gasteiger partial charge in [0.05, 0.1) is 12.5 Å². The summed E-state index contributed by atoms with van der Waals surface area (Å²) in [7, 11) is 0. The Balaban J connectivity index is 1.35. The molecule has 2 aliphatic rings. The normalized spacial score (nSPS) is 21.7. The summed E-state index contributed by atoms with van der Waals surface area (Å²) in [5, 5.41) is 6.01. The van der Waals surface area contributed by atoms with Crippen molar-refractivity contribution in [2.24, 2.45) is 0 Å². The summed E-state index contributed by atoms with van der Waals surface area (Å²) in [6, 6.07) is 2.15. The number of piperidine rings is 1. The predicted molar refractivity (Wildman–Crippen MR) is 90.9 cm³/mol. The number of likely N-dealkylation sites (tertiary alicyclic amines) is 1. The fourth-order valence-corrected chi connectivity index (χ4v) is 4.52. The average Bonchev–Trinajstić information content (AvgIpc) is 3.23. The molecule has 0 N–H and O–H groups in total. The molecule has 0 unspecified atom stereocenters. The molecule has 1 fully saturated rings. The zero-order valence-electron chi connectivity index (χ0n) is 13.9. The second-order valence-electron chi connectivity index (χ2n) is 6.69. The van der Waals surface area contributed by atoms with E-state index in [-0.39, 0.29) is 11.8 Å². The van der Waals surface area contributed by atoms with E-state index in [4.69, 9.17) is 4.52 Å². The van der Waals surface area contributed by atoms with Crippen molar-refractivity contribution in [1.82, 2.24) is 19.9 Å². The van der Waals surface area contributed by atoms with E-state index in [1.165, 1.54) is 10.4 Å². The Morgan fingerprint density at radius 1 is 1.46 bits per heavy atom. The van der Waals surface area contributed by atoms with Gasteiger partial charge in [0.1, 0.15) is 0 Å². The minimum Gasteiger partial charge on any atom is -0.339 e. The lowest BCUT2D eigenvalue weighted by Crippen LogP contribution is -2.45. The first-order chi connectivity index (χ1) is 11.7. The number of nitrogens with zero attached hydrogens (tertiary/aromatic N) is 4. The highest BCUT2D eigenvalue weighted by Gasteiger charge is 2.28. The van der Waals surface area contributed by atoms with Gasteiger partial charge in [0.2, 0.25) is 11.8 Å². The first-order valence-corrected chi connectivity index (χ1v) is 9.42. The third kappa shape index (κ3) is 3.23. The minimum atomic E-state index is 0.231. The van der Waals surface area contributed by atoms with Gasteiger partial charge >= 0.3 is 0 Å². The van der Waals surface area contributed by atoms with Crippen LogP contribution < -0.4 is 0 Å². The van der Waals surface area contributed by atoms with E-state index in [1.807, 2.05) is 11.8 Å². The smallest absolute Gasteiger partial charge is 0.237 e. The highest BCUT2D eigenvalue weighted by atomic mass is 32.1. The number of carbonyl (C=O) groups excluding carboxylic acids is 1. The van der Waals surface area contributed by atoms with Crippen molar-refractivity contribution in [3.05, 3.63) is 33.6 Å². The van der Waals surface area contributed by atoms with Gasteiger partial charge in [-0.1, -0.05) is 5.16 Å². The zero-order chi connectivity index (χ0) is 16.5. The fraction of sp³-hybridized carbons (Fsp3) is 0.588. The molecule has 2 aromatic rings. The number of thiophene rings is 1. The van der Waals surface area contributed by atoms with Crippen LogP contribution in [0.25, 0.3) is 0 Å². The van der Waals surface area contributed by atoms with Crippen LogP contribution in [0.4, 0.5) is 0 Å². The van der Waals surface area contributed by atoms with Gasteiger partial charge in [0, 0.05) is 24.5 Å². The van der Waals surface area contributed by atoms with Crippen LogP contribution in [0, 0.1) is 6.92 Å². The number of hydrogen-bond donors (Lipinski definition) is 0. The molecule has 24 heavy (non-hydrogen) atoms. The summed E-state index contributed by atoms with van der Waals surface area (Å²) in [5.41, 5.74) is 1.32. The Morgan fingerprint density at radius 2 is 2.38 bits per heavy atom. The van der Waals surface area contributed by atoms with Gasteiger partial charge in [0.25, 0.3) is 0 Å². The molecule has 0 saturated carbocycles. The topological polar surface area (TPSA) is 62.5 Å². The number of carbonyl (C=O) groups is 1.